The van der Waals surface area contributed by atoms with Gasteiger partial charge in [-0.2, -0.15) is 0 Å². The van der Waals surface area contributed by atoms with Gasteiger partial charge in [-0.05, 0) is 31.5 Å². The zero-order valence-corrected chi connectivity index (χ0v) is 12.2. The van der Waals surface area contributed by atoms with Crippen LogP contribution < -0.4 is 5.73 Å². The number of nitrogen functional groups attached to an aromatic ring is 1. The van der Waals surface area contributed by atoms with E-state index in [1.807, 2.05) is 43.0 Å². The number of morpholine rings is 1. The molecule has 1 amide bonds. The maximum Gasteiger partial charge on any atom is 0.227 e. The zero-order valence-electron chi connectivity index (χ0n) is 11.3. The summed E-state index contributed by atoms with van der Waals surface area (Å²) in [6.45, 7) is 5.29. The van der Waals surface area contributed by atoms with Gasteiger partial charge in [0.15, 0.2) is 0 Å². The van der Waals surface area contributed by atoms with Gasteiger partial charge in [0.05, 0.1) is 31.7 Å². The van der Waals surface area contributed by atoms with Gasteiger partial charge < -0.3 is 15.4 Å². The highest BCUT2D eigenvalue weighted by molar-refractivity contribution is 5.85. The van der Waals surface area contributed by atoms with E-state index in [1.54, 1.807) is 0 Å². The summed E-state index contributed by atoms with van der Waals surface area (Å²) in [6, 6.07) is 7.76. The van der Waals surface area contributed by atoms with Crippen LogP contribution in [0.1, 0.15) is 19.4 Å². The Morgan fingerprint density at radius 1 is 1.26 bits per heavy atom. The lowest BCUT2D eigenvalue weighted by Gasteiger charge is -2.38. The molecule has 4 nitrogen and oxygen atoms in total. The lowest BCUT2D eigenvalue weighted by Crippen LogP contribution is -2.53. The highest BCUT2D eigenvalue weighted by Gasteiger charge is 2.29. The normalized spacial score (nSPS) is 22.7. The lowest BCUT2D eigenvalue weighted by atomic mass is 10.1. The van der Waals surface area contributed by atoms with Gasteiger partial charge in [0.25, 0.3) is 0 Å². The average Bonchev–Trinajstić information content (AvgIpc) is 2.32. The van der Waals surface area contributed by atoms with Gasteiger partial charge in [-0.1, -0.05) is 12.1 Å². The molecular weight excluding hydrogens is 264 g/mol. The summed E-state index contributed by atoms with van der Waals surface area (Å²) in [7, 11) is 0. The second-order valence-electron chi connectivity index (χ2n) is 4.95. The number of rotatable bonds is 2. The molecule has 106 valence electrons. The molecule has 0 aromatic heterocycles. The fraction of sp³-hybridized carbons (Fsp3) is 0.500. The number of carbonyl (C=O) groups excluding carboxylic acids is 1. The standard InChI is InChI=1S/C14H20N2O2.ClH/c1-10-8-18-9-11(2)16(10)14(17)7-12-3-5-13(15)6-4-12;/h3-6,10-11H,7-9,15H2,1-2H3;1H. The first-order valence-corrected chi connectivity index (χ1v) is 6.31. The van der Waals surface area contributed by atoms with Crippen LogP contribution in [-0.2, 0) is 16.0 Å². The number of benzene rings is 1. The molecule has 0 aliphatic carbocycles. The topological polar surface area (TPSA) is 55.6 Å². The van der Waals surface area contributed by atoms with Crippen molar-refractivity contribution in [2.45, 2.75) is 32.4 Å². The summed E-state index contributed by atoms with van der Waals surface area (Å²) in [4.78, 5) is 14.2. The molecule has 0 radical (unpaired) electrons. The minimum atomic E-state index is 0. The third kappa shape index (κ3) is 3.85. The maximum absolute atomic E-state index is 12.3. The van der Waals surface area contributed by atoms with Crippen LogP contribution in [0, 0.1) is 0 Å². The van der Waals surface area contributed by atoms with Crippen molar-refractivity contribution in [3.05, 3.63) is 29.8 Å². The molecule has 1 aromatic rings. The third-order valence-electron chi connectivity index (χ3n) is 3.29. The van der Waals surface area contributed by atoms with Gasteiger partial charge >= 0.3 is 0 Å². The highest BCUT2D eigenvalue weighted by atomic mass is 35.5. The van der Waals surface area contributed by atoms with E-state index in [1.165, 1.54) is 0 Å². The molecule has 2 atom stereocenters. The molecule has 0 spiro atoms. The summed E-state index contributed by atoms with van der Waals surface area (Å²) >= 11 is 0. The average molecular weight is 285 g/mol. The smallest absolute Gasteiger partial charge is 0.227 e. The molecule has 1 heterocycles. The Hall–Kier alpha value is -1.26. The van der Waals surface area contributed by atoms with Gasteiger partial charge in [0.2, 0.25) is 5.91 Å². The number of hydrogen-bond acceptors (Lipinski definition) is 3. The van der Waals surface area contributed by atoms with Crippen molar-refractivity contribution < 1.29 is 9.53 Å². The van der Waals surface area contributed by atoms with Crippen LogP contribution in [-0.4, -0.2) is 36.1 Å². The van der Waals surface area contributed by atoms with Crippen molar-refractivity contribution in [2.24, 2.45) is 0 Å². The van der Waals surface area contributed by atoms with Crippen LogP contribution in [0.15, 0.2) is 24.3 Å². The fourth-order valence-corrected chi connectivity index (χ4v) is 2.40. The molecule has 1 aromatic carbocycles. The van der Waals surface area contributed by atoms with Crippen LogP contribution in [0.3, 0.4) is 0 Å². The molecule has 1 aliphatic rings. The Kier molecular flexibility index (Phi) is 5.63. The molecule has 1 aliphatic heterocycles. The largest absolute Gasteiger partial charge is 0.399 e. The van der Waals surface area contributed by atoms with Gasteiger partial charge in [-0.15, -0.1) is 12.4 Å². The van der Waals surface area contributed by atoms with E-state index < -0.39 is 0 Å². The Balaban J connectivity index is 0.00000180. The molecule has 1 saturated heterocycles. The number of nitrogens with zero attached hydrogens (tertiary/aromatic N) is 1. The number of carbonyl (C=O) groups is 1. The van der Waals surface area contributed by atoms with Gasteiger partial charge in [0.1, 0.15) is 0 Å². The van der Waals surface area contributed by atoms with Crippen LogP contribution >= 0.6 is 12.4 Å². The number of halogens is 1. The summed E-state index contributed by atoms with van der Waals surface area (Å²) in [5.74, 6) is 0.156. The second kappa shape index (κ2) is 6.78. The van der Waals surface area contributed by atoms with Crippen LogP contribution in [0.4, 0.5) is 5.69 Å². The first-order chi connectivity index (χ1) is 8.58. The SMILES string of the molecule is CC1COCC(C)N1C(=O)Cc1ccc(N)cc1.Cl. The third-order valence-corrected chi connectivity index (χ3v) is 3.29. The quantitative estimate of drug-likeness (QED) is 0.844. The summed E-state index contributed by atoms with van der Waals surface area (Å²) < 4.78 is 5.43. The van der Waals surface area contributed by atoms with E-state index in [4.69, 9.17) is 10.5 Å². The van der Waals surface area contributed by atoms with Crippen molar-refractivity contribution in [3.63, 3.8) is 0 Å². The summed E-state index contributed by atoms with van der Waals surface area (Å²) in [5.41, 5.74) is 7.35. The zero-order chi connectivity index (χ0) is 13.1. The van der Waals surface area contributed by atoms with Crippen molar-refractivity contribution in [1.29, 1.82) is 0 Å². The van der Waals surface area contributed by atoms with Crippen LogP contribution in [0.2, 0.25) is 0 Å². The first-order valence-electron chi connectivity index (χ1n) is 6.31. The molecule has 19 heavy (non-hydrogen) atoms. The molecule has 1 fully saturated rings. The number of amides is 1. The monoisotopic (exact) mass is 284 g/mol. The fourth-order valence-electron chi connectivity index (χ4n) is 2.40. The predicted molar refractivity (Wildman–Crippen MR) is 78.4 cm³/mol. The van der Waals surface area contributed by atoms with Gasteiger partial charge in [0, 0.05) is 5.69 Å². The molecule has 0 bridgehead atoms. The second-order valence-corrected chi connectivity index (χ2v) is 4.95. The summed E-state index contributed by atoms with van der Waals surface area (Å²) in [6.07, 6.45) is 0.426. The van der Waals surface area contributed by atoms with E-state index in [2.05, 4.69) is 0 Å². The molecule has 0 saturated carbocycles. The van der Waals surface area contributed by atoms with E-state index in [0.29, 0.717) is 19.6 Å². The van der Waals surface area contributed by atoms with Crippen LogP contribution in [0.5, 0.6) is 0 Å². The minimum absolute atomic E-state index is 0. The predicted octanol–water partition coefficient (Wildman–Crippen LogP) is 1.87. The number of hydrogen-bond donors (Lipinski definition) is 1. The van der Waals surface area contributed by atoms with Crippen molar-refractivity contribution >= 4 is 24.0 Å². The molecule has 5 heteroatoms. The minimum Gasteiger partial charge on any atom is -0.399 e. The van der Waals surface area contributed by atoms with E-state index in [0.717, 1.165) is 11.3 Å². The Morgan fingerprint density at radius 3 is 2.32 bits per heavy atom. The van der Waals surface area contributed by atoms with Crippen LogP contribution in [0.25, 0.3) is 0 Å². The van der Waals surface area contributed by atoms with Crippen molar-refractivity contribution in [1.82, 2.24) is 4.90 Å². The van der Waals surface area contributed by atoms with Gasteiger partial charge in [-0.25, -0.2) is 0 Å². The molecule has 2 unspecified atom stereocenters. The molecule has 2 N–H and O–H groups in total. The Morgan fingerprint density at radius 2 is 1.79 bits per heavy atom. The van der Waals surface area contributed by atoms with E-state index >= 15 is 0 Å². The summed E-state index contributed by atoms with van der Waals surface area (Å²) in [5, 5.41) is 0. The molecular formula is C14H21ClN2O2. The number of anilines is 1. The number of ether oxygens (including phenoxy) is 1. The maximum atomic E-state index is 12.3. The highest BCUT2D eigenvalue weighted by Crippen LogP contribution is 2.16. The Labute approximate surface area is 120 Å². The van der Waals surface area contributed by atoms with Crippen molar-refractivity contribution in [3.8, 4) is 0 Å². The van der Waals surface area contributed by atoms with Gasteiger partial charge in [-0.3, -0.25) is 4.79 Å². The molecule has 2 rings (SSSR count). The Bertz CT molecular complexity index is 412. The lowest BCUT2D eigenvalue weighted by molar-refractivity contribution is -0.143. The first kappa shape index (κ1) is 15.8. The van der Waals surface area contributed by atoms with Crippen molar-refractivity contribution in [2.75, 3.05) is 18.9 Å². The van der Waals surface area contributed by atoms with E-state index in [9.17, 15) is 4.79 Å². The van der Waals surface area contributed by atoms with E-state index in [-0.39, 0.29) is 30.4 Å². The number of nitrogens with two attached hydrogens (primary N) is 1.